The Bertz CT molecular complexity index is 725. The van der Waals surface area contributed by atoms with Gasteiger partial charge < -0.3 is 0 Å². The van der Waals surface area contributed by atoms with Gasteiger partial charge in [0.2, 0.25) is 0 Å². The zero-order chi connectivity index (χ0) is 14.7. The summed E-state index contributed by atoms with van der Waals surface area (Å²) in [6.07, 6.45) is 3.73. The predicted octanol–water partition coefficient (Wildman–Crippen LogP) is 3.82. The van der Waals surface area contributed by atoms with Gasteiger partial charge in [0.15, 0.2) is 0 Å². The maximum atomic E-state index is 4.73. The Balaban J connectivity index is 1.78. The van der Waals surface area contributed by atoms with Gasteiger partial charge in [0, 0.05) is 30.4 Å². The summed E-state index contributed by atoms with van der Waals surface area (Å²) in [5.41, 5.74) is 3.37. The Morgan fingerprint density at radius 2 is 1.90 bits per heavy atom. The van der Waals surface area contributed by atoms with E-state index in [0.717, 1.165) is 17.8 Å². The molecule has 1 atom stereocenters. The van der Waals surface area contributed by atoms with Gasteiger partial charge in [-0.3, -0.25) is 14.9 Å². The Labute approximate surface area is 125 Å². The lowest BCUT2D eigenvalue weighted by molar-refractivity contribution is 0.250. The minimum absolute atomic E-state index is 0.312. The van der Waals surface area contributed by atoms with Crippen LogP contribution >= 0.6 is 0 Å². The molecule has 21 heavy (non-hydrogen) atoms. The van der Waals surface area contributed by atoms with Crippen LogP contribution in [-0.2, 0) is 6.54 Å². The molecule has 0 unspecified atom stereocenters. The van der Waals surface area contributed by atoms with Crippen molar-refractivity contribution in [1.29, 1.82) is 0 Å². The second-order valence-electron chi connectivity index (χ2n) is 5.37. The van der Waals surface area contributed by atoms with E-state index < -0.39 is 0 Å². The Kier molecular flexibility index (Phi) is 3.93. The summed E-state index contributed by atoms with van der Waals surface area (Å²) < 4.78 is 0. The number of benzene rings is 1. The van der Waals surface area contributed by atoms with Gasteiger partial charge in [-0.25, -0.2) is 0 Å². The topological polar surface area (TPSA) is 29.0 Å². The van der Waals surface area contributed by atoms with E-state index in [2.05, 4.69) is 54.2 Å². The van der Waals surface area contributed by atoms with Crippen molar-refractivity contribution in [2.75, 3.05) is 7.05 Å². The molecule has 2 heterocycles. The quantitative estimate of drug-likeness (QED) is 0.726. The Morgan fingerprint density at radius 3 is 2.71 bits per heavy atom. The van der Waals surface area contributed by atoms with Crippen LogP contribution in [0.4, 0.5) is 0 Å². The number of para-hydroxylation sites is 1. The molecule has 0 saturated heterocycles. The second-order valence-corrected chi connectivity index (χ2v) is 5.37. The summed E-state index contributed by atoms with van der Waals surface area (Å²) in [5, 5.41) is 1.18. The maximum absolute atomic E-state index is 4.73. The highest BCUT2D eigenvalue weighted by Gasteiger charge is 2.12. The van der Waals surface area contributed by atoms with Crippen LogP contribution in [0.1, 0.15) is 24.2 Å². The van der Waals surface area contributed by atoms with E-state index in [1.54, 1.807) is 6.20 Å². The highest BCUT2D eigenvalue weighted by atomic mass is 15.1. The highest BCUT2D eigenvalue weighted by Crippen LogP contribution is 2.20. The van der Waals surface area contributed by atoms with Crippen molar-refractivity contribution in [1.82, 2.24) is 14.9 Å². The third-order valence-electron chi connectivity index (χ3n) is 3.90. The van der Waals surface area contributed by atoms with Crippen LogP contribution in [0.15, 0.2) is 60.9 Å². The van der Waals surface area contributed by atoms with E-state index in [-0.39, 0.29) is 0 Å². The van der Waals surface area contributed by atoms with Gasteiger partial charge >= 0.3 is 0 Å². The fourth-order valence-electron chi connectivity index (χ4n) is 2.47. The van der Waals surface area contributed by atoms with Crippen LogP contribution in [0, 0.1) is 0 Å². The lowest BCUT2D eigenvalue weighted by Crippen LogP contribution is -2.22. The van der Waals surface area contributed by atoms with Crippen LogP contribution in [0.3, 0.4) is 0 Å². The number of fused-ring (bicyclic) bond motifs is 1. The van der Waals surface area contributed by atoms with Crippen molar-refractivity contribution in [2.24, 2.45) is 0 Å². The summed E-state index contributed by atoms with van der Waals surface area (Å²) in [6, 6.07) is 16.9. The Hall–Kier alpha value is -2.26. The molecule has 2 aromatic heterocycles. The zero-order valence-electron chi connectivity index (χ0n) is 12.4. The molecule has 0 amide bonds. The van der Waals surface area contributed by atoms with Gasteiger partial charge in [0.25, 0.3) is 0 Å². The van der Waals surface area contributed by atoms with Crippen molar-refractivity contribution in [3.05, 3.63) is 72.2 Å². The smallest absolute Gasteiger partial charge is 0.0705 e. The molecule has 0 aliphatic carbocycles. The molecule has 3 rings (SSSR count). The van der Waals surface area contributed by atoms with Crippen molar-refractivity contribution in [3.63, 3.8) is 0 Å². The monoisotopic (exact) mass is 277 g/mol. The lowest BCUT2D eigenvalue weighted by atomic mass is 10.1. The molecule has 0 aliphatic rings. The predicted molar refractivity (Wildman–Crippen MR) is 85.9 cm³/mol. The normalized spacial score (nSPS) is 12.7. The van der Waals surface area contributed by atoms with Crippen LogP contribution in [0.2, 0.25) is 0 Å². The first-order valence-electron chi connectivity index (χ1n) is 7.19. The highest BCUT2D eigenvalue weighted by molar-refractivity contribution is 5.78. The molecule has 0 saturated carbocycles. The van der Waals surface area contributed by atoms with Gasteiger partial charge in [0.05, 0.1) is 11.2 Å². The van der Waals surface area contributed by atoms with E-state index in [1.807, 2.05) is 24.4 Å². The first-order valence-corrected chi connectivity index (χ1v) is 7.19. The molecular weight excluding hydrogens is 258 g/mol. The van der Waals surface area contributed by atoms with E-state index in [4.69, 9.17) is 4.98 Å². The van der Waals surface area contributed by atoms with Crippen molar-refractivity contribution >= 4 is 10.9 Å². The molecular formula is C18H19N3. The standard InChI is InChI=1S/C18H19N3/c1-14(16-7-5-11-19-12-16)21(2)13-17-10-9-15-6-3-4-8-18(15)20-17/h3-12,14H,13H2,1-2H3/t14-/m1/s1. The number of aromatic nitrogens is 2. The number of hydrogen-bond donors (Lipinski definition) is 0. The van der Waals surface area contributed by atoms with Crippen LogP contribution in [-0.4, -0.2) is 21.9 Å². The Morgan fingerprint density at radius 1 is 1.05 bits per heavy atom. The fraction of sp³-hybridized carbons (Fsp3) is 0.222. The largest absolute Gasteiger partial charge is 0.294 e. The average molecular weight is 277 g/mol. The van der Waals surface area contributed by atoms with Gasteiger partial charge in [-0.2, -0.15) is 0 Å². The summed E-state index contributed by atoms with van der Waals surface area (Å²) >= 11 is 0. The van der Waals surface area contributed by atoms with Crippen molar-refractivity contribution in [3.8, 4) is 0 Å². The number of nitrogens with zero attached hydrogens (tertiary/aromatic N) is 3. The molecule has 3 heteroatoms. The molecule has 0 fully saturated rings. The van der Waals surface area contributed by atoms with E-state index >= 15 is 0 Å². The first kappa shape index (κ1) is 13.7. The zero-order valence-corrected chi connectivity index (χ0v) is 12.4. The third kappa shape index (κ3) is 3.09. The van der Waals surface area contributed by atoms with Crippen molar-refractivity contribution in [2.45, 2.75) is 19.5 Å². The van der Waals surface area contributed by atoms with Gasteiger partial charge in [0.1, 0.15) is 0 Å². The number of rotatable bonds is 4. The summed E-state index contributed by atoms with van der Waals surface area (Å²) in [4.78, 5) is 11.2. The first-order chi connectivity index (χ1) is 10.2. The summed E-state index contributed by atoms with van der Waals surface area (Å²) in [5.74, 6) is 0. The molecule has 0 N–H and O–H groups in total. The molecule has 0 aliphatic heterocycles. The second kappa shape index (κ2) is 6.02. The third-order valence-corrected chi connectivity index (χ3v) is 3.90. The minimum Gasteiger partial charge on any atom is -0.294 e. The van der Waals surface area contributed by atoms with Crippen LogP contribution < -0.4 is 0 Å². The molecule has 106 valence electrons. The average Bonchev–Trinajstić information content (AvgIpc) is 2.55. The minimum atomic E-state index is 0.312. The number of hydrogen-bond acceptors (Lipinski definition) is 3. The fourth-order valence-corrected chi connectivity index (χ4v) is 2.47. The van der Waals surface area contributed by atoms with Crippen LogP contribution in [0.25, 0.3) is 10.9 Å². The van der Waals surface area contributed by atoms with Gasteiger partial charge in [-0.1, -0.05) is 30.3 Å². The lowest BCUT2D eigenvalue weighted by Gasteiger charge is -2.24. The molecule has 1 aromatic carbocycles. The summed E-state index contributed by atoms with van der Waals surface area (Å²) in [6.45, 7) is 3.01. The van der Waals surface area contributed by atoms with Gasteiger partial charge in [-0.15, -0.1) is 0 Å². The summed E-state index contributed by atoms with van der Waals surface area (Å²) in [7, 11) is 2.12. The molecule has 0 radical (unpaired) electrons. The van der Waals surface area contributed by atoms with Crippen molar-refractivity contribution < 1.29 is 0 Å². The molecule has 0 bridgehead atoms. The van der Waals surface area contributed by atoms with Crippen LogP contribution in [0.5, 0.6) is 0 Å². The van der Waals surface area contributed by atoms with E-state index in [0.29, 0.717) is 6.04 Å². The SMILES string of the molecule is C[C@H](c1cccnc1)N(C)Cc1ccc2ccccc2n1. The molecule has 3 nitrogen and oxygen atoms in total. The maximum Gasteiger partial charge on any atom is 0.0705 e. The molecule has 3 aromatic rings. The van der Waals surface area contributed by atoms with E-state index in [9.17, 15) is 0 Å². The molecule has 0 spiro atoms. The number of pyridine rings is 2. The van der Waals surface area contributed by atoms with Gasteiger partial charge in [-0.05, 0) is 37.7 Å². The van der Waals surface area contributed by atoms with E-state index in [1.165, 1.54) is 10.9 Å².